The molecule has 6 nitrogen and oxygen atoms in total. The van der Waals surface area contributed by atoms with Crippen molar-refractivity contribution in [3.63, 3.8) is 0 Å². The molecule has 10 heteroatoms. The highest BCUT2D eigenvalue weighted by molar-refractivity contribution is 6.31. The van der Waals surface area contributed by atoms with Crippen LogP contribution in [0.25, 0.3) is 0 Å². The molecule has 4 rings (SSSR count). The van der Waals surface area contributed by atoms with E-state index in [2.05, 4.69) is 10.6 Å². The number of benzene rings is 3. The van der Waals surface area contributed by atoms with Crippen LogP contribution >= 0.6 is 23.2 Å². The van der Waals surface area contributed by atoms with Gasteiger partial charge in [-0.25, -0.2) is 8.78 Å². The summed E-state index contributed by atoms with van der Waals surface area (Å²) in [7, 11) is 3.29. The number of carbonyl (C=O) groups is 2. The van der Waals surface area contributed by atoms with Gasteiger partial charge in [0.2, 0.25) is 5.91 Å². The fourth-order valence-corrected chi connectivity index (χ4v) is 6.56. The quantitative estimate of drug-likeness (QED) is 0.238. The van der Waals surface area contributed by atoms with E-state index < -0.39 is 41.0 Å². The SMILES string of the molecule is CC(=N)[C@]1(c2ccc(Cl)cc2F)[C@H](CC(C)(C)C)N[C@@H](C(=O)Nc2ccc(C(=O)N(C)C)cc2)[C@@H]1c1cccc(Cl)c1F. The van der Waals surface area contributed by atoms with Gasteiger partial charge in [0.15, 0.2) is 0 Å². The van der Waals surface area contributed by atoms with Gasteiger partial charge in [0, 0.05) is 53.6 Å². The van der Waals surface area contributed by atoms with E-state index in [-0.39, 0.29) is 38.2 Å². The minimum absolute atomic E-state index is 0.0571. The standard InChI is InChI=1S/C33H36Cl2F2N4O2/c1-18(38)33(23-15-12-20(34)16-25(23)36)26(17-32(2,3)4)40-29(27(33)22-8-7-9-24(35)28(22)37)30(42)39-21-13-10-19(11-14-21)31(43)41(5)6/h7-16,26-27,29,38,40H,17H2,1-6H3,(H,39,42)/t26-,27-,29+,33-/m0/s1. The molecule has 3 aromatic rings. The highest BCUT2D eigenvalue weighted by Gasteiger charge is 2.61. The number of rotatable bonds is 7. The molecule has 0 aliphatic carbocycles. The van der Waals surface area contributed by atoms with Crippen LogP contribution in [0, 0.1) is 22.5 Å². The number of carbonyl (C=O) groups excluding carboxylic acids is 2. The molecule has 1 aliphatic rings. The van der Waals surface area contributed by atoms with Gasteiger partial charge in [0.25, 0.3) is 5.91 Å². The van der Waals surface area contributed by atoms with E-state index in [1.54, 1.807) is 51.4 Å². The van der Waals surface area contributed by atoms with Gasteiger partial charge in [-0.1, -0.05) is 62.2 Å². The molecule has 0 radical (unpaired) electrons. The minimum Gasteiger partial charge on any atom is -0.345 e. The molecule has 228 valence electrons. The first-order valence-corrected chi connectivity index (χ1v) is 14.7. The van der Waals surface area contributed by atoms with E-state index in [0.29, 0.717) is 17.7 Å². The lowest BCUT2D eigenvalue weighted by molar-refractivity contribution is -0.118. The average Bonchev–Trinajstić information content (AvgIpc) is 3.24. The number of hydrogen-bond donors (Lipinski definition) is 3. The van der Waals surface area contributed by atoms with Crippen LogP contribution in [-0.2, 0) is 10.2 Å². The maximum Gasteiger partial charge on any atom is 0.253 e. The Kier molecular flexibility index (Phi) is 9.35. The molecule has 1 saturated heterocycles. The summed E-state index contributed by atoms with van der Waals surface area (Å²) in [4.78, 5) is 27.9. The molecule has 0 saturated carbocycles. The smallest absolute Gasteiger partial charge is 0.253 e. The lowest BCUT2D eigenvalue weighted by Crippen LogP contribution is -2.50. The topological polar surface area (TPSA) is 85.3 Å². The summed E-state index contributed by atoms with van der Waals surface area (Å²) in [5, 5.41) is 15.5. The first-order valence-electron chi connectivity index (χ1n) is 13.9. The fraction of sp³-hybridized carbons (Fsp3) is 0.364. The van der Waals surface area contributed by atoms with Gasteiger partial charge in [-0.05, 0) is 66.8 Å². The molecule has 0 bridgehead atoms. The molecule has 1 fully saturated rings. The van der Waals surface area contributed by atoms with Crippen LogP contribution in [-0.4, -0.2) is 48.6 Å². The molecule has 0 unspecified atom stereocenters. The van der Waals surface area contributed by atoms with E-state index in [4.69, 9.17) is 28.6 Å². The molecule has 4 atom stereocenters. The Labute approximate surface area is 261 Å². The Hall–Kier alpha value is -3.33. The molecule has 1 heterocycles. The molecule has 3 aromatic carbocycles. The van der Waals surface area contributed by atoms with Crippen LogP contribution in [0.15, 0.2) is 60.7 Å². The van der Waals surface area contributed by atoms with Crippen molar-refractivity contribution in [1.29, 1.82) is 5.41 Å². The predicted octanol–water partition coefficient (Wildman–Crippen LogP) is 7.45. The number of nitrogens with zero attached hydrogens (tertiary/aromatic N) is 1. The molecule has 0 aromatic heterocycles. The Morgan fingerprint density at radius 1 is 1.05 bits per heavy atom. The van der Waals surface area contributed by atoms with Gasteiger partial charge in [0.1, 0.15) is 11.6 Å². The number of hydrogen-bond acceptors (Lipinski definition) is 4. The predicted molar refractivity (Wildman–Crippen MR) is 169 cm³/mol. The van der Waals surface area contributed by atoms with Gasteiger partial charge in [0.05, 0.1) is 16.5 Å². The molecule has 2 amide bonds. The molecule has 0 spiro atoms. The fourth-order valence-electron chi connectivity index (χ4n) is 6.22. The van der Waals surface area contributed by atoms with Crippen LogP contribution in [0.2, 0.25) is 10.0 Å². The average molecular weight is 630 g/mol. The second-order valence-corrected chi connectivity index (χ2v) is 13.3. The number of amides is 2. The van der Waals surface area contributed by atoms with E-state index in [9.17, 15) is 9.59 Å². The third-order valence-electron chi connectivity index (χ3n) is 7.97. The Morgan fingerprint density at radius 2 is 1.70 bits per heavy atom. The second-order valence-electron chi connectivity index (χ2n) is 12.5. The maximum atomic E-state index is 16.0. The highest BCUT2D eigenvalue weighted by atomic mass is 35.5. The van der Waals surface area contributed by atoms with Crippen molar-refractivity contribution in [1.82, 2.24) is 10.2 Å². The van der Waals surface area contributed by atoms with Gasteiger partial charge in [-0.15, -0.1) is 0 Å². The third-order valence-corrected chi connectivity index (χ3v) is 8.50. The Bertz CT molecular complexity index is 1560. The van der Waals surface area contributed by atoms with Crippen molar-refractivity contribution >= 4 is 46.4 Å². The van der Waals surface area contributed by atoms with Crippen molar-refractivity contribution in [2.24, 2.45) is 5.41 Å². The maximum absolute atomic E-state index is 16.0. The van der Waals surface area contributed by atoms with Crippen molar-refractivity contribution in [3.05, 3.63) is 99.0 Å². The summed E-state index contributed by atoms with van der Waals surface area (Å²) in [5.41, 5.74) is -0.663. The zero-order chi connectivity index (χ0) is 31.9. The number of halogens is 4. The minimum atomic E-state index is -1.49. The van der Waals surface area contributed by atoms with Crippen LogP contribution in [0.1, 0.15) is 61.5 Å². The molecular formula is C33H36Cl2F2N4O2. The molecule has 1 aliphatic heterocycles. The summed E-state index contributed by atoms with van der Waals surface area (Å²) < 4.78 is 31.9. The van der Waals surface area contributed by atoms with Crippen LogP contribution in [0.4, 0.5) is 14.5 Å². The van der Waals surface area contributed by atoms with Crippen molar-refractivity contribution < 1.29 is 18.4 Å². The third kappa shape index (κ3) is 6.33. The van der Waals surface area contributed by atoms with Crippen LogP contribution in [0.5, 0.6) is 0 Å². The summed E-state index contributed by atoms with van der Waals surface area (Å²) in [6, 6.07) is 13.4. The van der Waals surface area contributed by atoms with Crippen LogP contribution < -0.4 is 10.6 Å². The summed E-state index contributed by atoms with van der Waals surface area (Å²) in [6.07, 6.45) is 0.426. The van der Waals surface area contributed by atoms with E-state index >= 15 is 8.78 Å². The molecular weight excluding hydrogens is 593 g/mol. The van der Waals surface area contributed by atoms with Gasteiger partial charge >= 0.3 is 0 Å². The van der Waals surface area contributed by atoms with Gasteiger partial charge < -0.3 is 20.9 Å². The first-order chi connectivity index (χ1) is 20.1. The molecule has 3 N–H and O–H groups in total. The second kappa shape index (κ2) is 12.3. The number of nitrogens with one attached hydrogen (secondary N) is 3. The Morgan fingerprint density at radius 3 is 2.26 bits per heavy atom. The monoisotopic (exact) mass is 628 g/mol. The van der Waals surface area contributed by atoms with Gasteiger partial charge in [-0.3, -0.25) is 9.59 Å². The molecule has 43 heavy (non-hydrogen) atoms. The number of anilines is 1. The summed E-state index contributed by atoms with van der Waals surface area (Å²) in [5.74, 6) is -3.16. The zero-order valence-electron chi connectivity index (χ0n) is 25.0. The lowest BCUT2D eigenvalue weighted by atomic mass is 9.59. The van der Waals surface area contributed by atoms with E-state index in [0.717, 1.165) is 0 Å². The van der Waals surface area contributed by atoms with Crippen molar-refractivity contribution in [2.75, 3.05) is 19.4 Å². The van der Waals surface area contributed by atoms with E-state index in [1.165, 1.54) is 35.2 Å². The summed E-state index contributed by atoms with van der Waals surface area (Å²) in [6.45, 7) is 7.59. The zero-order valence-corrected chi connectivity index (χ0v) is 26.5. The Balaban J connectivity index is 1.92. The summed E-state index contributed by atoms with van der Waals surface area (Å²) >= 11 is 12.4. The first kappa shape index (κ1) is 32.6. The largest absolute Gasteiger partial charge is 0.345 e. The lowest BCUT2D eigenvalue weighted by Gasteiger charge is -2.42. The normalized spacial score (nSPS) is 21.9. The van der Waals surface area contributed by atoms with Crippen molar-refractivity contribution in [2.45, 2.75) is 57.5 Å². The van der Waals surface area contributed by atoms with E-state index in [1.807, 2.05) is 20.8 Å². The van der Waals surface area contributed by atoms with Crippen LogP contribution in [0.3, 0.4) is 0 Å². The van der Waals surface area contributed by atoms with Gasteiger partial charge in [-0.2, -0.15) is 0 Å². The highest BCUT2D eigenvalue weighted by Crippen LogP contribution is 2.53. The van der Waals surface area contributed by atoms with Crippen molar-refractivity contribution in [3.8, 4) is 0 Å².